The number of hydrogen-bond acceptors (Lipinski definition) is 4. The first-order valence-electron chi connectivity index (χ1n) is 16.6. The summed E-state index contributed by atoms with van der Waals surface area (Å²) >= 11 is 1.78. The van der Waals surface area contributed by atoms with Crippen molar-refractivity contribution in [1.82, 2.24) is 9.97 Å². The van der Waals surface area contributed by atoms with Crippen LogP contribution < -0.4 is 4.90 Å². The normalized spacial score (nSPS) is 22.9. The summed E-state index contributed by atoms with van der Waals surface area (Å²) in [6.07, 6.45) is 18.5. The predicted octanol–water partition coefficient (Wildman–Crippen LogP) is 11.0. The molecule has 1 aliphatic heterocycles. The van der Waals surface area contributed by atoms with Crippen LogP contribution in [0.4, 0.5) is 11.4 Å². The zero-order chi connectivity index (χ0) is 31.3. The van der Waals surface area contributed by atoms with Crippen LogP contribution in [-0.4, -0.2) is 16.0 Å². The van der Waals surface area contributed by atoms with Crippen molar-refractivity contribution in [3.8, 4) is 22.6 Å². The second-order valence-corrected chi connectivity index (χ2v) is 14.8. The van der Waals surface area contributed by atoms with Crippen molar-refractivity contribution in [3.05, 3.63) is 156 Å². The molecule has 6 aromatic rings. The van der Waals surface area contributed by atoms with E-state index in [1.54, 1.807) is 11.3 Å². The van der Waals surface area contributed by atoms with Gasteiger partial charge in [-0.05, 0) is 52.3 Å². The Morgan fingerprint density at radius 1 is 0.681 bits per heavy atom. The SMILES string of the molecule is CC1(C)c2cc3c(cc2C2C=CC=CC21)N(c1cccc(-c2nc(-c4ccccc4)nc4c2sc2ccccc24)c1)C1C=CC=CC31. The number of hydrogen-bond donors (Lipinski definition) is 0. The maximum atomic E-state index is 5.28. The molecule has 10 rings (SSSR count). The molecular weight excluding hydrogens is 591 g/mol. The van der Waals surface area contributed by atoms with Gasteiger partial charge in [0.25, 0.3) is 0 Å². The molecule has 0 saturated heterocycles. The minimum Gasteiger partial charge on any atom is -0.333 e. The number of aromatic nitrogens is 2. The van der Waals surface area contributed by atoms with Gasteiger partial charge in [-0.15, -0.1) is 11.3 Å². The Bertz CT molecular complexity index is 2370. The molecule has 0 bridgehead atoms. The number of fused-ring (bicyclic) bond motifs is 9. The lowest BCUT2D eigenvalue weighted by molar-refractivity contribution is 0.394. The molecule has 226 valence electrons. The maximum Gasteiger partial charge on any atom is 0.160 e. The van der Waals surface area contributed by atoms with E-state index < -0.39 is 0 Å². The number of allylic oxidation sites excluding steroid dienone is 6. The third-order valence-corrected chi connectivity index (χ3v) is 12.1. The molecule has 0 radical (unpaired) electrons. The Morgan fingerprint density at radius 3 is 2.34 bits per heavy atom. The largest absolute Gasteiger partial charge is 0.333 e. The summed E-state index contributed by atoms with van der Waals surface area (Å²) < 4.78 is 2.36. The van der Waals surface area contributed by atoms with Gasteiger partial charge in [-0.1, -0.05) is 129 Å². The Kier molecular flexibility index (Phi) is 5.75. The zero-order valence-corrected chi connectivity index (χ0v) is 27.2. The molecule has 4 unspecified atom stereocenters. The fourth-order valence-corrected chi connectivity index (χ4v) is 9.76. The molecule has 0 saturated carbocycles. The second kappa shape index (κ2) is 9.97. The van der Waals surface area contributed by atoms with Crippen LogP contribution in [0.5, 0.6) is 0 Å². The summed E-state index contributed by atoms with van der Waals surface area (Å²) in [7, 11) is 0. The smallest absolute Gasteiger partial charge is 0.160 e. The van der Waals surface area contributed by atoms with Crippen LogP contribution in [0.3, 0.4) is 0 Å². The molecule has 3 heterocycles. The Morgan fingerprint density at radius 2 is 1.45 bits per heavy atom. The van der Waals surface area contributed by atoms with Gasteiger partial charge in [-0.2, -0.15) is 0 Å². The molecule has 0 amide bonds. The summed E-state index contributed by atoms with van der Waals surface area (Å²) in [5.41, 5.74) is 11.2. The van der Waals surface area contributed by atoms with Crippen molar-refractivity contribution < 1.29 is 0 Å². The Labute approximate surface area is 278 Å². The quantitative estimate of drug-likeness (QED) is 0.196. The first-order chi connectivity index (χ1) is 23.1. The van der Waals surface area contributed by atoms with Crippen LogP contribution in [0.25, 0.3) is 42.9 Å². The summed E-state index contributed by atoms with van der Waals surface area (Å²) in [5, 5.41) is 1.18. The lowest BCUT2D eigenvalue weighted by Gasteiger charge is -2.30. The van der Waals surface area contributed by atoms with Crippen molar-refractivity contribution >= 4 is 43.0 Å². The van der Waals surface area contributed by atoms with Gasteiger partial charge in [0.1, 0.15) is 0 Å². The summed E-state index contributed by atoms with van der Waals surface area (Å²) in [4.78, 5) is 13.0. The average Bonchev–Trinajstić information content (AvgIpc) is 3.73. The van der Waals surface area contributed by atoms with Gasteiger partial charge in [-0.25, -0.2) is 9.97 Å². The van der Waals surface area contributed by atoms with Crippen molar-refractivity contribution in [1.29, 1.82) is 0 Å². The van der Waals surface area contributed by atoms with Gasteiger partial charge in [0, 0.05) is 44.4 Å². The van der Waals surface area contributed by atoms with Crippen molar-refractivity contribution in [2.75, 3.05) is 4.90 Å². The van der Waals surface area contributed by atoms with Crippen molar-refractivity contribution in [3.63, 3.8) is 0 Å². The minimum atomic E-state index is 0.0897. The average molecular weight is 624 g/mol. The lowest BCUT2D eigenvalue weighted by Crippen LogP contribution is -2.28. The van der Waals surface area contributed by atoms with Crippen LogP contribution >= 0.6 is 11.3 Å². The van der Waals surface area contributed by atoms with E-state index in [4.69, 9.17) is 9.97 Å². The zero-order valence-electron chi connectivity index (χ0n) is 26.3. The molecule has 0 N–H and O–H groups in total. The topological polar surface area (TPSA) is 29.0 Å². The highest BCUT2D eigenvalue weighted by molar-refractivity contribution is 7.26. The molecule has 4 atom stereocenters. The van der Waals surface area contributed by atoms with Gasteiger partial charge < -0.3 is 4.90 Å². The van der Waals surface area contributed by atoms with Gasteiger partial charge >= 0.3 is 0 Å². The van der Waals surface area contributed by atoms with Crippen LogP contribution in [0.15, 0.2) is 140 Å². The molecule has 4 heteroatoms. The van der Waals surface area contributed by atoms with Crippen LogP contribution in [0, 0.1) is 5.92 Å². The predicted molar refractivity (Wildman–Crippen MR) is 197 cm³/mol. The Balaban J connectivity index is 1.16. The van der Waals surface area contributed by atoms with Crippen LogP contribution in [0.1, 0.15) is 42.4 Å². The fraction of sp³-hybridized carbons (Fsp3) is 0.163. The first kappa shape index (κ1) is 27.1. The Hall–Kier alpha value is -5.06. The standard InChI is InChI=1S/C43H33N3S/c1-43(2)34-20-9-6-17-29(34)32-25-37-33(24-35(32)43)30-18-7-10-21-36(30)46(37)28-16-12-15-27(23-28)39-41-40(31-19-8-11-22-38(31)47-41)45-42(44-39)26-13-4-3-5-14-26/h3-25,29-30,34,36H,1-2H3. The number of anilines is 2. The highest BCUT2D eigenvalue weighted by Gasteiger charge is 2.47. The van der Waals surface area contributed by atoms with E-state index in [2.05, 4.69) is 152 Å². The molecule has 4 aromatic carbocycles. The lowest BCUT2D eigenvalue weighted by atomic mass is 9.74. The number of nitrogens with zero attached hydrogens (tertiary/aromatic N) is 3. The number of thiophene rings is 1. The van der Waals surface area contributed by atoms with E-state index in [9.17, 15) is 0 Å². The highest BCUT2D eigenvalue weighted by Crippen LogP contribution is 2.57. The van der Waals surface area contributed by atoms with Crippen molar-refractivity contribution in [2.45, 2.75) is 37.1 Å². The van der Waals surface area contributed by atoms with Crippen LogP contribution in [-0.2, 0) is 5.41 Å². The van der Waals surface area contributed by atoms with E-state index in [-0.39, 0.29) is 11.5 Å². The third kappa shape index (κ3) is 3.91. The minimum absolute atomic E-state index is 0.0897. The van der Waals surface area contributed by atoms with E-state index in [1.165, 1.54) is 38.2 Å². The van der Waals surface area contributed by atoms with Gasteiger partial charge in [0.15, 0.2) is 5.82 Å². The molecular formula is C43H33N3S. The number of rotatable bonds is 3. The third-order valence-electron chi connectivity index (χ3n) is 10.9. The van der Waals surface area contributed by atoms with Crippen LogP contribution in [0.2, 0.25) is 0 Å². The van der Waals surface area contributed by atoms with E-state index in [1.807, 2.05) is 6.07 Å². The summed E-state index contributed by atoms with van der Waals surface area (Å²) in [6, 6.07) is 33.3. The molecule has 4 aliphatic rings. The molecule has 0 spiro atoms. The van der Waals surface area contributed by atoms with Gasteiger partial charge in [0.2, 0.25) is 0 Å². The molecule has 0 fully saturated rings. The summed E-state index contributed by atoms with van der Waals surface area (Å²) in [6.45, 7) is 4.85. The van der Waals surface area contributed by atoms with Gasteiger partial charge in [0.05, 0.1) is 22.0 Å². The second-order valence-electron chi connectivity index (χ2n) is 13.8. The number of benzene rings is 4. The maximum absolute atomic E-state index is 5.28. The van der Waals surface area contributed by atoms with E-state index >= 15 is 0 Å². The fourth-order valence-electron chi connectivity index (χ4n) is 8.61. The van der Waals surface area contributed by atoms with Gasteiger partial charge in [-0.3, -0.25) is 0 Å². The summed E-state index contributed by atoms with van der Waals surface area (Å²) in [5.74, 6) is 1.97. The monoisotopic (exact) mass is 623 g/mol. The highest BCUT2D eigenvalue weighted by atomic mass is 32.1. The van der Waals surface area contributed by atoms with Crippen molar-refractivity contribution in [2.24, 2.45) is 5.92 Å². The van der Waals surface area contributed by atoms with E-state index in [0.29, 0.717) is 17.8 Å². The molecule has 3 nitrogen and oxygen atoms in total. The molecule has 47 heavy (non-hydrogen) atoms. The molecule has 3 aliphatic carbocycles. The first-order valence-corrected chi connectivity index (χ1v) is 17.4. The van der Waals surface area contributed by atoms with E-state index in [0.717, 1.165) is 32.9 Å². The molecule has 2 aromatic heterocycles.